The number of non-ortho nitro benzene ring substituents is 1. The maximum Gasteiger partial charge on any atom is 0.271 e. The fraction of sp³-hybridized carbons (Fsp3) is 0.100. The molecule has 0 spiro atoms. The summed E-state index contributed by atoms with van der Waals surface area (Å²) in [5.74, 6) is 0.546. The normalized spacial score (nSPS) is 10.1. The van der Waals surface area contributed by atoms with Gasteiger partial charge in [0.2, 0.25) is 0 Å². The van der Waals surface area contributed by atoms with Gasteiger partial charge in [0.25, 0.3) is 5.69 Å². The van der Waals surface area contributed by atoms with Crippen LogP contribution in [0.25, 0.3) is 6.08 Å². The van der Waals surface area contributed by atoms with Crippen LogP contribution < -0.4 is 0 Å². The molecule has 5 heteroatoms. The average molecular weight is 220 g/mol. The van der Waals surface area contributed by atoms with E-state index in [1.807, 2.05) is 6.07 Å². The molecule has 4 nitrogen and oxygen atoms in total. The highest BCUT2D eigenvalue weighted by Gasteiger charge is 2.07. The molecule has 15 heavy (non-hydrogen) atoms. The van der Waals surface area contributed by atoms with Crippen LogP contribution in [0.3, 0.4) is 0 Å². The summed E-state index contributed by atoms with van der Waals surface area (Å²) in [5.41, 5.74) is 0.839. The van der Waals surface area contributed by atoms with Crippen molar-refractivity contribution in [3.8, 4) is 6.07 Å². The van der Waals surface area contributed by atoms with E-state index in [9.17, 15) is 10.1 Å². The van der Waals surface area contributed by atoms with Gasteiger partial charge < -0.3 is 0 Å². The predicted molar refractivity (Wildman–Crippen MR) is 60.7 cm³/mol. The number of hydrogen-bond acceptors (Lipinski definition) is 4. The van der Waals surface area contributed by atoms with Gasteiger partial charge in [-0.3, -0.25) is 10.1 Å². The third-order valence-electron chi connectivity index (χ3n) is 1.70. The SMILES string of the molecule is N#Cc1cc(C=CCS)cc([N+](=O)[O-])c1. The molecule has 0 bridgehead atoms. The second kappa shape index (κ2) is 5.17. The monoisotopic (exact) mass is 220 g/mol. The fourth-order valence-corrected chi connectivity index (χ4v) is 1.20. The molecule has 0 saturated carbocycles. The Kier molecular flexibility index (Phi) is 3.89. The third kappa shape index (κ3) is 3.11. The van der Waals surface area contributed by atoms with Crippen LogP contribution in [-0.2, 0) is 0 Å². The maximum atomic E-state index is 10.6. The van der Waals surface area contributed by atoms with Gasteiger partial charge in [-0.1, -0.05) is 12.2 Å². The molecule has 1 rings (SSSR count). The Balaban J connectivity index is 3.18. The Bertz CT molecular complexity index is 449. The van der Waals surface area contributed by atoms with Crippen molar-refractivity contribution in [3.63, 3.8) is 0 Å². The van der Waals surface area contributed by atoms with Crippen molar-refractivity contribution >= 4 is 24.4 Å². The van der Waals surface area contributed by atoms with E-state index in [0.29, 0.717) is 11.3 Å². The zero-order valence-corrected chi connectivity index (χ0v) is 8.65. The van der Waals surface area contributed by atoms with Crippen LogP contribution in [0, 0.1) is 21.4 Å². The Morgan fingerprint density at radius 3 is 2.80 bits per heavy atom. The van der Waals surface area contributed by atoms with Crippen molar-refractivity contribution in [3.05, 3.63) is 45.5 Å². The summed E-state index contributed by atoms with van der Waals surface area (Å²) in [6.45, 7) is 0. The van der Waals surface area contributed by atoms with E-state index in [1.54, 1.807) is 18.2 Å². The van der Waals surface area contributed by atoms with Crippen LogP contribution in [-0.4, -0.2) is 10.7 Å². The lowest BCUT2D eigenvalue weighted by Gasteiger charge is -1.96. The Morgan fingerprint density at radius 1 is 1.53 bits per heavy atom. The summed E-state index contributed by atoms with van der Waals surface area (Å²) in [5, 5.41) is 19.2. The molecule has 0 amide bonds. The fourth-order valence-electron chi connectivity index (χ4n) is 1.09. The molecule has 0 aliphatic heterocycles. The summed E-state index contributed by atoms with van der Waals surface area (Å²) >= 11 is 3.98. The quantitative estimate of drug-likeness (QED) is 0.483. The van der Waals surface area contributed by atoms with Crippen LogP contribution in [0.1, 0.15) is 11.1 Å². The molecule has 0 heterocycles. The minimum atomic E-state index is -0.515. The number of nitro benzene ring substituents is 1. The summed E-state index contributed by atoms with van der Waals surface area (Å²) < 4.78 is 0. The van der Waals surface area contributed by atoms with Gasteiger partial charge in [-0.25, -0.2) is 0 Å². The number of rotatable bonds is 3. The highest BCUT2D eigenvalue weighted by Crippen LogP contribution is 2.17. The van der Waals surface area contributed by atoms with E-state index >= 15 is 0 Å². The second-order valence-electron chi connectivity index (χ2n) is 2.77. The standard InChI is InChI=1S/C10H8N2O2S/c11-7-9-4-8(2-1-3-15)5-10(6-9)12(13)14/h1-2,4-6,15H,3H2. The number of nitro groups is 1. The topological polar surface area (TPSA) is 66.9 Å². The van der Waals surface area contributed by atoms with Crippen molar-refractivity contribution in [2.75, 3.05) is 5.75 Å². The van der Waals surface area contributed by atoms with Crippen molar-refractivity contribution in [2.24, 2.45) is 0 Å². The van der Waals surface area contributed by atoms with Crippen molar-refractivity contribution in [2.45, 2.75) is 0 Å². The molecule has 0 radical (unpaired) electrons. The first-order valence-corrected chi connectivity index (χ1v) is 4.77. The third-order valence-corrected chi connectivity index (χ3v) is 1.91. The highest BCUT2D eigenvalue weighted by molar-refractivity contribution is 7.80. The molecule has 0 aromatic heterocycles. The van der Waals surface area contributed by atoms with E-state index in [2.05, 4.69) is 12.6 Å². The minimum absolute atomic E-state index is 0.0761. The largest absolute Gasteiger partial charge is 0.271 e. The van der Waals surface area contributed by atoms with E-state index < -0.39 is 4.92 Å². The maximum absolute atomic E-state index is 10.6. The molecule has 0 atom stereocenters. The first-order chi connectivity index (χ1) is 7.17. The number of nitriles is 1. The molecule has 0 aliphatic carbocycles. The summed E-state index contributed by atoms with van der Waals surface area (Å²) in [6.07, 6.45) is 3.45. The number of thiol groups is 1. The van der Waals surface area contributed by atoms with Gasteiger partial charge in [-0.15, -0.1) is 0 Å². The molecule has 1 aromatic rings. The predicted octanol–water partition coefficient (Wildman–Crippen LogP) is 2.41. The Labute approximate surface area is 92.4 Å². The molecule has 0 unspecified atom stereocenters. The number of benzene rings is 1. The van der Waals surface area contributed by atoms with Gasteiger partial charge in [-0.2, -0.15) is 17.9 Å². The molecular weight excluding hydrogens is 212 g/mol. The van der Waals surface area contributed by atoms with Gasteiger partial charge in [-0.05, 0) is 11.6 Å². The van der Waals surface area contributed by atoms with E-state index in [4.69, 9.17) is 5.26 Å². The zero-order chi connectivity index (χ0) is 11.3. The van der Waals surface area contributed by atoms with Crippen LogP contribution >= 0.6 is 12.6 Å². The average Bonchev–Trinajstić information content (AvgIpc) is 2.25. The molecule has 0 N–H and O–H groups in total. The lowest BCUT2D eigenvalue weighted by Crippen LogP contribution is -1.90. The first kappa shape index (κ1) is 11.3. The van der Waals surface area contributed by atoms with E-state index in [0.717, 1.165) is 0 Å². The van der Waals surface area contributed by atoms with Gasteiger partial charge >= 0.3 is 0 Å². The molecule has 76 valence electrons. The van der Waals surface area contributed by atoms with Crippen LogP contribution in [0.5, 0.6) is 0 Å². The second-order valence-corrected chi connectivity index (χ2v) is 3.13. The van der Waals surface area contributed by atoms with Gasteiger partial charge in [0.05, 0.1) is 16.6 Å². The smallest absolute Gasteiger partial charge is 0.258 e. The lowest BCUT2D eigenvalue weighted by atomic mass is 10.1. The number of hydrogen-bond donors (Lipinski definition) is 1. The van der Waals surface area contributed by atoms with E-state index in [1.165, 1.54) is 12.1 Å². The van der Waals surface area contributed by atoms with Gasteiger partial charge in [0, 0.05) is 17.9 Å². The van der Waals surface area contributed by atoms with Crippen molar-refractivity contribution in [1.29, 1.82) is 5.26 Å². The highest BCUT2D eigenvalue weighted by atomic mass is 32.1. The zero-order valence-electron chi connectivity index (χ0n) is 7.75. The van der Waals surface area contributed by atoms with Gasteiger partial charge in [0.15, 0.2) is 0 Å². The van der Waals surface area contributed by atoms with Crippen LogP contribution in [0.15, 0.2) is 24.3 Å². The summed E-state index contributed by atoms with van der Waals surface area (Å²) in [4.78, 5) is 10.0. The Hall–Kier alpha value is -1.80. The Morgan fingerprint density at radius 2 is 2.27 bits per heavy atom. The van der Waals surface area contributed by atoms with Gasteiger partial charge in [0.1, 0.15) is 0 Å². The minimum Gasteiger partial charge on any atom is -0.258 e. The molecule has 0 aliphatic rings. The molecule has 0 fully saturated rings. The first-order valence-electron chi connectivity index (χ1n) is 4.14. The summed E-state index contributed by atoms with van der Waals surface area (Å²) in [6, 6.07) is 6.14. The molecule has 0 saturated heterocycles. The van der Waals surface area contributed by atoms with Crippen molar-refractivity contribution < 1.29 is 4.92 Å². The molecular formula is C10H8N2O2S. The molecule has 1 aromatic carbocycles. The van der Waals surface area contributed by atoms with Crippen LogP contribution in [0.4, 0.5) is 5.69 Å². The number of nitrogens with zero attached hydrogens (tertiary/aromatic N) is 2. The van der Waals surface area contributed by atoms with Crippen molar-refractivity contribution in [1.82, 2.24) is 0 Å². The summed E-state index contributed by atoms with van der Waals surface area (Å²) in [7, 11) is 0. The van der Waals surface area contributed by atoms with Crippen LogP contribution in [0.2, 0.25) is 0 Å². The van der Waals surface area contributed by atoms with E-state index in [-0.39, 0.29) is 11.3 Å². The lowest BCUT2D eigenvalue weighted by molar-refractivity contribution is -0.384.